The lowest BCUT2D eigenvalue weighted by molar-refractivity contribution is 0.102. The van der Waals surface area contributed by atoms with Gasteiger partial charge in [-0.2, -0.15) is 0 Å². The van der Waals surface area contributed by atoms with E-state index in [1.54, 1.807) is 6.07 Å². The maximum absolute atomic E-state index is 13.6. The van der Waals surface area contributed by atoms with Crippen LogP contribution in [0.15, 0.2) is 28.9 Å². The molecule has 0 saturated heterocycles. The van der Waals surface area contributed by atoms with Crippen molar-refractivity contribution < 1.29 is 9.18 Å². The highest BCUT2D eigenvalue weighted by Gasteiger charge is 2.18. The summed E-state index contributed by atoms with van der Waals surface area (Å²) in [6, 6.07) is 4.26. The van der Waals surface area contributed by atoms with Crippen LogP contribution in [-0.2, 0) is 6.54 Å². The van der Waals surface area contributed by atoms with Gasteiger partial charge in [0.15, 0.2) is 0 Å². The van der Waals surface area contributed by atoms with Gasteiger partial charge in [0.05, 0.1) is 11.8 Å². The van der Waals surface area contributed by atoms with Crippen molar-refractivity contribution in [2.24, 2.45) is 0 Å². The molecule has 94 valence electrons. The minimum absolute atomic E-state index is 0.0176. The van der Waals surface area contributed by atoms with Crippen molar-refractivity contribution in [1.82, 2.24) is 15.0 Å². The second-order valence-electron chi connectivity index (χ2n) is 3.80. The Bertz CT molecular complexity index is 582. The van der Waals surface area contributed by atoms with E-state index in [1.807, 2.05) is 6.92 Å². The maximum Gasteiger partial charge on any atom is 0.215 e. The number of halogens is 2. The van der Waals surface area contributed by atoms with Crippen LogP contribution in [0.25, 0.3) is 0 Å². The molecule has 1 heterocycles. The van der Waals surface area contributed by atoms with Gasteiger partial charge in [-0.1, -0.05) is 28.1 Å². The molecule has 2 aromatic rings. The quantitative estimate of drug-likeness (QED) is 0.816. The topological polar surface area (TPSA) is 47.8 Å². The largest absolute Gasteiger partial charge is 0.287 e. The third-order valence-corrected chi connectivity index (χ3v) is 2.95. The van der Waals surface area contributed by atoms with Gasteiger partial charge in [0.2, 0.25) is 5.78 Å². The molecule has 1 aromatic heterocycles. The number of ketones is 1. The van der Waals surface area contributed by atoms with Crippen molar-refractivity contribution >= 4 is 21.7 Å². The van der Waals surface area contributed by atoms with E-state index in [0.29, 0.717) is 16.7 Å². The summed E-state index contributed by atoms with van der Waals surface area (Å²) < 4.78 is 15.8. The van der Waals surface area contributed by atoms with Gasteiger partial charge >= 0.3 is 0 Å². The molecule has 0 amide bonds. The smallest absolute Gasteiger partial charge is 0.215 e. The minimum atomic E-state index is -0.549. The summed E-state index contributed by atoms with van der Waals surface area (Å²) in [5.41, 5.74) is 0.317. The molecule has 0 unspecified atom stereocenters. The summed E-state index contributed by atoms with van der Waals surface area (Å²) in [6.07, 6.45) is 2.18. The van der Waals surface area contributed by atoms with Crippen molar-refractivity contribution in [3.05, 3.63) is 45.9 Å². The number of nitrogens with zero attached hydrogens (tertiary/aromatic N) is 3. The van der Waals surface area contributed by atoms with Crippen molar-refractivity contribution in [2.45, 2.75) is 19.9 Å². The van der Waals surface area contributed by atoms with Gasteiger partial charge in [-0.3, -0.25) is 4.79 Å². The standard InChI is InChI=1S/C12H11BrFN3O/c1-2-5-17-11(7-15-16-17)12(18)9-6-8(13)3-4-10(9)14/h3-4,6-7H,2,5H2,1H3. The van der Waals surface area contributed by atoms with E-state index in [1.165, 1.54) is 23.0 Å². The van der Waals surface area contributed by atoms with E-state index in [0.717, 1.165) is 6.42 Å². The van der Waals surface area contributed by atoms with Crippen LogP contribution in [0, 0.1) is 5.82 Å². The number of carbonyl (C=O) groups is 1. The van der Waals surface area contributed by atoms with Crippen LogP contribution in [0.1, 0.15) is 29.4 Å². The zero-order chi connectivity index (χ0) is 13.1. The Kier molecular flexibility index (Phi) is 3.86. The van der Waals surface area contributed by atoms with Crippen LogP contribution in [0.2, 0.25) is 0 Å². The lowest BCUT2D eigenvalue weighted by atomic mass is 10.1. The Labute approximate surface area is 112 Å². The number of aryl methyl sites for hydroxylation is 1. The van der Waals surface area contributed by atoms with Crippen LogP contribution in [-0.4, -0.2) is 20.8 Å². The highest BCUT2D eigenvalue weighted by molar-refractivity contribution is 9.10. The summed E-state index contributed by atoms with van der Waals surface area (Å²) in [6.45, 7) is 2.55. The molecule has 0 radical (unpaired) electrons. The average Bonchev–Trinajstić information content (AvgIpc) is 2.80. The number of benzene rings is 1. The van der Waals surface area contributed by atoms with Gasteiger partial charge in [-0.15, -0.1) is 5.10 Å². The third-order valence-electron chi connectivity index (χ3n) is 2.46. The van der Waals surface area contributed by atoms with Gasteiger partial charge in [0.25, 0.3) is 0 Å². The number of hydrogen-bond donors (Lipinski definition) is 0. The molecular formula is C12H11BrFN3O. The number of aromatic nitrogens is 3. The van der Waals surface area contributed by atoms with E-state index in [2.05, 4.69) is 26.2 Å². The highest BCUT2D eigenvalue weighted by Crippen LogP contribution is 2.18. The van der Waals surface area contributed by atoms with Crippen LogP contribution >= 0.6 is 15.9 Å². The van der Waals surface area contributed by atoms with Crippen LogP contribution in [0.4, 0.5) is 4.39 Å². The van der Waals surface area contributed by atoms with Gasteiger partial charge < -0.3 is 0 Å². The summed E-state index contributed by atoms with van der Waals surface area (Å²) in [7, 11) is 0. The molecule has 18 heavy (non-hydrogen) atoms. The predicted octanol–water partition coefficient (Wildman–Crippen LogP) is 2.82. The predicted molar refractivity (Wildman–Crippen MR) is 67.8 cm³/mol. The van der Waals surface area contributed by atoms with E-state index < -0.39 is 11.6 Å². The van der Waals surface area contributed by atoms with E-state index in [9.17, 15) is 9.18 Å². The SMILES string of the molecule is CCCn1nncc1C(=O)c1cc(Br)ccc1F. The lowest BCUT2D eigenvalue weighted by Crippen LogP contribution is -2.12. The van der Waals surface area contributed by atoms with Gasteiger partial charge in [0.1, 0.15) is 11.5 Å². The first-order valence-corrected chi connectivity index (χ1v) is 6.31. The van der Waals surface area contributed by atoms with E-state index in [-0.39, 0.29) is 5.56 Å². The maximum atomic E-state index is 13.6. The summed E-state index contributed by atoms with van der Waals surface area (Å²) >= 11 is 3.22. The Hall–Kier alpha value is -1.56. The molecule has 0 N–H and O–H groups in total. The fourth-order valence-corrected chi connectivity index (χ4v) is 1.98. The zero-order valence-corrected chi connectivity index (χ0v) is 11.3. The third kappa shape index (κ3) is 2.48. The summed E-state index contributed by atoms with van der Waals surface area (Å²) in [4.78, 5) is 12.2. The Morgan fingerprint density at radius 2 is 2.28 bits per heavy atom. The van der Waals surface area contributed by atoms with Crippen molar-refractivity contribution in [2.75, 3.05) is 0 Å². The Morgan fingerprint density at radius 1 is 1.50 bits per heavy atom. The van der Waals surface area contributed by atoms with Gasteiger partial charge in [-0.25, -0.2) is 9.07 Å². The molecule has 6 heteroatoms. The second-order valence-corrected chi connectivity index (χ2v) is 4.71. The molecule has 0 aliphatic heterocycles. The van der Waals surface area contributed by atoms with Gasteiger partial charge in [-0.05, 0) is 24.6 Å². The fraction of sp³-hybridized carbons (Fsp3) is 0.250. The molecule has 0 saturated carbocycles. The Morgan fingerprint density at radius 3 is 3.00 bits per heavy atom. The molecule has 0 aliphatic rings. The molecule has 0 spiro atoms. The van der Waals surface area contributed by atoms with Crippen LogP contribution < -0.4 is 0 Å². The molecular weight excluding hydrogens is 301 g/mol. The number of hydrogen-bond acceptors (Lipinski definition) is 3. The summed E-state index contributed by atoms with van der Waals surface area (Å²) in [5, 5.41) is 7.51. The number of rotatable bonds is 4. The molecule has 0 atom stereocenters. The minimum Gasteiger partial charge on any atom is -0.287 e. The fourth-order valence-electron chi connectivity index (χ4n) is 1.62. The Balaban J connectivity index is 2.41. The zero-order valence-electron chi connectivity index (χ0n) is 9.73. The second kappa shape index (κ2) is 5.39. The normalized spacial score (nSPS) is 10.6. The molecule has 1 aromatic carbocycles. The summed E-state index contributed by atoms with van der Waals surface area (Å²) in [5.74, 6) is -0.959. The van der Waals surface area contributed by atoms with Crippen LogP contribution in [0.5, 0.6) is 0 Å². The lowest BCUT2D eigenvalue weighted by Gasteiger charge is -2.05. The van der Waals surface area contributed by atoms with E-state index in [4.69, 9.17) is 0 Å². The molecule has 2 rings (SSSR count). The van der Waals surface area contributed by atoms with Crippen LogP contribution in [0.3, 0.4) is 0 Å². The van der Waals surface area contributed by atoms with Crippen molar-refractivity contribution in [3.8, 4) is 0 Å². The monoisotopic (exact) mass is 311 g/mol. The first-order valence-electron chi connectivity index (χ1n) is 5.51. The molecule has 0 bridgehead atoms. The molecule has 0 aliphatic carbocycles. The van der Waals surface area contributed by atoms with Gasteiger partial charge in [0, 0.05) is 11.0 Å². The molecule has 4 nitrogen and oxygen atoms in total. The average molecular weight is 312 g/mol. The van der Waals surface area contributed by atoms with Crippen molar-refractivity contribution in [1.29, 1.82) is 0 Å². The molecule has 0 fully saturated rings. The highest BCUT2D eigenvalue weighted by atomic mass is 79.9. The number of carbonyl (C=O) groups excluding carboxylic acids is 1. The van der Waals surface area contributed by atoms with E-state index >= 15 is 0 Å². The first kappa shape index (κ1) is 12.9. The van der Waals surface area contributed by atoms with Crippen molar-refractivity contribution in [3.63, 3.8) is 0 Å². The first-order chi connectivity index (χ1) is 8.63.